The van der Waals surface area contributed by atoms with E-state index in [0.717, 1.165) is 66.5 Å². The summed E-state index contributed by atoms with van der Waals surface area (Å²) in [6.45, 7) is 3.49. The van der Waals surface area contributed by atoms with E-state index >= 15 is 0 Å². The molecule has 0 radical (unpaired) electrons. The smallest absolute Gasteiger partial charge is 0.227 e. The second-order valence-corrected chi connectivity index (χ2v) is 8.46. The molecule has 1 saturated heterocycles. The lowest BCUT2D eigenvalue weighted by atomic mass is 9.90. The molecule has 3 heterocycles. The van der Waals surface area contributed by atoms with E-state index in [4.69, 9.17) is 9.72 Å². The number of benzene rings is 2. The van der Waals surface area contributed by atoms with Gasteiger partial charge in [0.05, 0.1) is 23.0 Å². The Bertz CT molecular complexity index is 1320. The van der Waals surface area contributed by atoms with Crippen molar-refractivity contribution in [3.05, 3.63) is 78.0 Å². The van der Waals surface area contributed by atoms with Gasteiger partial charge in [-0.05, 0) is 86.2 Å². The number of aromatic nitrogens is 5. The highest BCUT2D eigenvalue weighted by molar-refractivity contribution is 5.65. The number of nitrogens with one attached hydrogen (secondary N) is 1. The molecular weight excluding hydrogens is 426 g/mol. The van der Waals surface area contributed by atoms with E-state index in [1.807, 2.05) is 49.4 Å². The topological polar surface area (TPSA) is 102 Å². The first-order chi connectivity index (χ1) is 16.7. The third-order valence-corrected chi connectivity index (χ3v) is 5.93. The minimum atomic E-state index is 0.496. The van der Waals surface area contributed by atoms with Gasteiger partial charge in [-0.2, -0.15) is 10.4 Å². The predicted molar refractivity (Wildman–Crippen MR) is 129 cm³/mol. The summed E-state index contributed by atoms with van der Waals surface area (Å²) in [6, 6.07) is 18.0. The van der Waals surface area contributed by atoms with E-state index in [1.165, 1.54) is 0 Å². The summed E-state index contributed by atoms with van der Waals surface area (Å²) in [5, 5.41) is 17.2. The molecule has 0 aliphatic carbocycles. The molecule has 34 heavy (non-hydrogen) atoms. The molecule has 8 heteroatoms. The summed E-state index contributed by atoms with van der Waals surface area (Å²) >= 11 is 0. The minimum absolute atomic E-state index is 0.496. The first kappa shape index (κ1) is 21.7. The number of nitrogens with zero attached hydrogens (tertiary/aromatic N) is 6. The van der Waals surface area contributed by atoms with Crippen LogP contribution in [0.4, 0.5) is 11.6 Å². The van der Waals surface area contributed by atoms with Crippen molar-refractivity contribution >= 4 is 11.6 Å². The lowest BCUT2D eigenvalue weighted by Gasteiger charge is -2.22. The highest BCUT2D eigenvalue weighted by atomic mass is 16.5. The molecule has 0 atom stereocenters. The number of hydrogen-bond acceptors (Lipinski definition) is 7. The lowest BCUT2D eigenvalue weighted by molar-refractivity contribution is 0.0665. The maximum Gasteiger partial charge on any atom is 0.227 e. The summed E-state index contributed by atoms with van der Waals surface area (Å²) in [6.07, 6.45) is 6.48. The monoisotopic (exact) mass is 451 g/mol. The number of aryl methyl sites for hydroxylation is 1. The van der Waals surface area contributed by atoms with Gasteiger partial charge in [0.2, 0.25) is 5.95 Å². The largest absolute Gasteiger partial charge is 0.381 e. The standard InChI is InChI=1S/C26H25N7O/c1-18-29-17-33(32-18)24-4-2-23(3-5-24)30-26-28-9-6-25(31-26)22-14-20(13-21(15-22)16-27)12-19-7-10-34-11-8-19/h2-6,9,13-15,17,19H,7-8,10-12H2,1H3,(H,28,30,31). The van der Waals surface area contributed by atoms with Gasteiger partial charge >= 0.3 is 0 Å². The minimum Gasteiger partial charge on any atom is -0.381 e. The summed E-state index contributed by atoms with van der Waals surface area (Å²) in [7, 11) is 0. The molecule has 0 bridgehead atoms. The summed E-state index contributed by atoms with van der Waals surface area (Å²) in [4.78, 5) is 13.2. The van der Waals surface area contributed by atoms with Crippen molar-refractivity contribution in [3.8, 4) is 23.0 Å². The van der Waals surface area contributed by atoms with Crippen LogP contribution in [0.1, 0.15) is 29.8 Å². The highest BCUT2D eigenvalue weighted by Gasteiger charge is 2.16. The Morgan fingerprint density at radius 1 is 1.09 bits per heavy atom. The fourth-order valence-electron chi connectivity index (χ4n) is 4.18. The van der Waals surface area contributed by atoms with Crippen LogP contribution < -0.4 is 5.32 Å². The molecule has 2 aromatic heterocycles. The highest BCUT2D eigenvalue weighted by Crippen LogP contribution is 2.26. The van der Waals surface area contributed by atoms with Crippen LogP contribution in [0.25, 0.3) is 16.9 Å². The van der Waals surface area contributed by atoms with Gasteiger partial charge in [-0.1, -0.05) is 0 Å². The third kappa shape index (κ3) is 5.11. The summed E-state index contributed by atoms with van der Waals surface area (Å²) in [5.41, 5.74) is 5.29. The van der Waals surface area contributed by atoms with Crippen LogP contribution in [0.5, 0.6) is 0 Å². The van der Waals surface area contributed by atoms with Crippen molar-refractivity contribution in [2.24, 2.45) is 5.92 Å². The van der Waals surface area contributed by atoms with Crippen molar-refractivity contribution in [2.45, 2.75) is 26.2 Å². The quantitative estimate of drug-likeness (QED) is 0.456. The van der Waals surface area contributed by atoms with Gasteiger partial charge in [0.25, 0.3) is 0 Å². The number of rotatable bonds is 6. The molecule has 1 aliphatic heterocycles. The second-order valence-electron chi connectivity index (χ2n) is 8.46. The normalized spacial score (nSPS) is 14.0. The van der Waals surface area contributed by atoms with Gasteiger partial charge in [-0.3, -0.25) is 0 Å². The molecular formula is C26H25N7O. The van der Waals surface area contributed by atoms with E-state index in [9.17, 15) is 5.26 Å². The van der Waals surface area contributed by atoms with Gasteiger partial charge in [0, 0.05) is 30.7 Å². The number of hydrogen-bond donors (Lipinski definition) is 1. The van der Waals surface area contributed by atoms with Crippen LogP contribution in [-0.4, -0.2) is 37.9 Å². The Balaban J connectivity index is 1.35. The van der Waals surface area contributed by atoms with Gasteiger partial charge in [-0.25, -0.2) is 19.6 Å². The molecule has 4 aromatic rings. The summed E-state index contributed by atoms with van der Waals surface area (Å²) in [5.74, 6) is 1.81. The van der Waals surface area contributed by atoms with E-state index in [0.29, 0.717) is 17.4 Å². The number of anilines is 2. The molecule has 0 saturated carbocycles. The van der Waals surface area contributed by atoms with E-state index in [1.54, 1.807) is 17.2 Å². The molecule has 8 nitrogen and oxygen atoms in total. The molecule has 0 amide bonds. The van der Waals surface area contributed by atoms with Crippen LogP contribution in [0.3, 0.4) is 0 Å². The van der Waals surface area contributed by atoms with E-state index < -0.39 is 0 Å². The second kappa shape index (κ2) is 9.81. The summed E-state index contributed by atoms with van der Waals surface area (Å²) < 4.78 is 7.22. The third-order valence-electron chi connectivity index (χ3n) is 5.93. The molecule has 1 aliphatic rings. The van der Waals surface area contributed by atoms with Crippen LogP contribution >= 0.6 is 0 Å². The van der Waals surface area contributed by atoms with Crippen molar-refractivity contribution in [1.82, 2.24) is 24.7 Å². The zero-order valence-electron chi connectivity index (χ0n) is 19.0. The zero-order chi connectivity index (χ0) is 23.3. The van der Waals surface area contributed by atoms with Gasteiger partial charge in [0.15, 0.2) is 0 Å². The molecule has 170 valence electrons. The first-order valence-corrected chi connectivity index (χ1v) is 11.4. The predicted octanol–water partition coefficient (Wildman–Crippen LogP) is 4.62. The fourth-order valence-corrected chi connectivity index (χ4v) is 4.18. The molecule has 1 N–H and O–H groups in total. The Kier molecular flexibility index (Phi) is 6.27. The van der Waals surface area contributed by atoms with Gasteiger partial charge < -0.3 is 10.1 Å². The molecule has 0 spiro atoms. The zero-order valence-corrected chi connectivity index (χ0v) is 19.0. The SMILES string of the molecule is Cc1ncn(-c2ccc(Nc3nccc(-c4cc(C#N)cc(CC5CCOCC5)c4)n3)cc2)n1. The maximum atomic E-state index is 9.57. The molecule has 0 unspecified atom stereocenters. The number of nitriles is 1. The average molecular weight is 452 g/mol. The Hall–Kier alpha value is -4.09. The lowest BCUT2D eigenvalue weighted by Crippen LogP contribution is -2.17. The number of ether oxygens (including phenoxy) is 1. The van der Waals surface area contributed by atoms with Crippen molar-refractivity contribution in [3.63, 3.8) is 0 Å². The van der Waals surface area contributed by atoms with Crippen molar-refractivity contribution < 1.29 is 4.74 Å². The van der Waals surface area contributed by atoms with Crippen molar-refractivity contribution in [2.75, 3.05) is 18.5 Å². The Labute approximate surface area is 198 Å². The average Bonchev–Trinajstić information content (AvgIpc) is 3.31. The molecule has 1 fully saturated rings. The Morgan fingerprint density at radius 3 is 2.65 bits per heavy atom. The van der Waals surface area contributed by atoms with E-state index in [-0.39, 0.29) is 0 Å². The van der Waals surface area contributed by atoms with Crippen molar-refractivity contribution in [1.29, 1.82) is 5.26 Å². The van der Waals surface area contributed by atoms with Crippen LogP contribution in [-0.2, 0) is 11.2 Å². The van der Waals surface area contributed by atoms with Gasteiger partial charge in [-0.15, -0.1) is 0 Å². The molecule has 5 rings (SSSR count). The van der Waals surface area contributed by atoms with Crippen LogP contribution in [0, 0.1) is 24.2 Å². The molecule has 2 aromatic carbocycles. The van der Waals surface area contributed by atoms with E-state index in [2.05, 4.69) is 32.5 Å². The van der Waals surface area contributed by atoms with Crippen LogP contribution in [0.15, 0.2) is 61.1 Å². The Morgan fingerprint density at radius 2 is 1.91 bits per heavy atom. The van der Waals surface area contributed by atoms with Gasteiger partial charge in [0.1, 0.15) is 12.2 Å². The van der Waals surface area contributed by atoms with Crippen LogP contribution in [0.2, 0.25) is 0 Å². The maximum absolute atomic E-state index is 9.57. The first-order valence-electron chi connectivity index (χ1n) is 11.4. The fraction of sp³-hybridized carbons (Fsp3) is 0.269.